The molecule has 0 fully saturated rings. The molecule has 0 unspecified atom stereocenters. The van der Waals surface area contributed by atoms with Gasteiger partial charge in [-0.2, -0.15) is 13.2 Å². The smallest absolute Gasteiger partial charge is 0.359 e. The van der Waals surface area contributed by atoms with Gasteiger partial charge in [-0.15, -0.1) is 0 Å². The van der Waals surface area contributed by atoms with Crippen LogP contribution in [0.25, 0.3) is 0 Å². The van der Waals surface area contributed by atoms with Gasteiger partial charge < -0.3 is 10.2 Å². The molecule has 0 radical (unpaired) electrons. The summed E-state index contributed by atoms with van der Waals surface area (Å²) in [6, 6.07) is 0. The zero-order valence-corrected chi connectivity index (χ0v) is 8.60. The Balaban J connectivity index is 4.48. The van der Waals surface area contributed by atoms with Crippen LogP contribution in [0, 0.1) is 11.8 Å². The minimum atomic E-state index is -4.98. The van der Waals surface area contributed by atoms with E-state index in [0.717, 1.165) is 0 Å². The van der Waals surface area contributed by atoms with Crippen molar-refractivity contribution in [3.05, 3.63) is 0 Å². The molecule has 0 aromatic heterocycles. The number of rotatable bonds is 4. The maximum atomic E-state index is 12.1. The van der Waals surface area contributed by atoms with Crippen LogP contribution in [-0.2, 0) is 0 Å². The number of hydrogen-bond acceptors (Lipinski definition) is 2. The van der Waals surface area contributed by atoms with Gasteiger partial charge in [0.1, 0.15) is 0 Å². The van der Waals surface area contributed by atoms with Crippen LogP contribution in [0.4, 0.5) is 13.2 Å². The Bertz CT molecular complexity index is 175. The molecule has 0 aromatic carbocycles. The van der Waals surface area contributed by atoms with E-state index in [1.807, 2.05) is 0 Å². The van der Waals surface area contributed by atoms with E-state index in [0.29, 0.717) is 6.42 Å². The normalized spacial score (nSPS) is 16.1. The van der Waals surface area contributed by atoms with Crippen molar-refractivity contribution in [2.45, 2.75) is 45.6 Å². The first-order valence-corrected chi connectivity index (χ1v) is 4.63. The van der Waals surface area contributed by atoms with Crippen molar-refractivity contribution in [2.75, 3.05) is 0 Å². The van der Waals surface area contributed by atoms with Gasteiger partial charge in [-0.3, -0.25) is 0 Å². The Morgan fingerprint density at radius 2 is 1.57 bits per heavy atom. The van der Waals surface area contributed by atoms with Crippen molar-refractivity contribution in [3.8, 4) is 0 Å². The van der Waals surface area contributed by atoms with Crippen molar-refractivity contribution in [1.29, 1.82) is 0 Å². The molecular formula is C9H17F3O2. The molecule has 0 bridgehead atoms. The third kappa shape index (κ3) is 3.46. The molecule has 0 spiro atoms. The van der Waals surface area contributed by atoms with Gasteiger partial charge in [0, 0.05) is 6.42 Å². The highest BCUT2D eigenvalue weighted by Crippen LogP contribution is 2.35. The fourth-order valence-electron chi connectivity index (χ4n) is 1.33. The molecule has 0 amide bonds. The summed E-state index contributed by atoms with van der Waals surface area (Å²) in [6.45, 7) is 5.26. The van der Waals surface area contributed by atoms with Crippen molar-refractivity contribution in [2.24, 2.45) is 11.8 Å². The SMILES string of the molecule is CC[C@@H](CC(O)(O)C(F)(F)F)C(C)C. The Kier molecular flexibility index (Phi) is 4.39. The molecule has 0 saturated carbocycles. The summed E-state index contributed by atoms with van der Waals surface area (Å²) < 4.78 is 36.3. The van der Waals surface area contributed by atoms with Gasteiger partial charge in [-0.05, 0) is 11.8 Å². The summed E-state index contributed by atoms with van der Waals surface area (Å²) >= 11 is 0. The zero-order chi connectivity index (χ0) is 11.6. The first-order chi connectivity index (χ1) is 6.12. The van der Waals surface area contributed by atoms with Crippen molar-refractivity contribution < 1.29 is 23.4 Å². The van der Waals surface area contributed by atoms with Gasteiger partial charge in [0.2, 0.25) is 0 Å². The molecule has 0 aliphatic carbocycles. The monoisotopic (exact) mass is 214 g/mol. The summed E-state index contributed by atoms with van der Waals surface area (Å²) in [4.78, 5) is 0. The molecule has 5 heteroatoms. The van der Waals surface area contributed by atoms with Gasteiger partial charge in [0.25, 0.3) is 5.79 Å². The number of hydrogen-bond donors (Lipinski definition) is 2. The molecule has 0 saturated heterocycles. The predicted octanol–water partition coefficient (Wildman–Crippen LogP) is 2.30. The molecule has 0 aromatic rings. The van der Waals surface area contributed by atoms with Crippen LogP contribution >= 0.6 is 0 Å². The average Bonchev–Trinajstić information content (AvgIpc) is 1.97. The van der Waals surface area contributed by atoms with Crippen LogP contribution in [0.15, 0.2) is 0 Å². The Morgan fingerprint density at radius 1 is 1.14 bits per heavy atom. The van der Waals surface area contributed by atoms with Crippen molar-refractivity contribution >= 4 is 0 Å². The maximum absolute atomic E-state index is 12.1. The van der Waals surface area contributed by atoms with Crippen LogP contribution in [0.3, 0.4) is 0 Å². The van der Waals surface area contributed by atoms with Crippen LogP contribution in [0.5, 0.6) is 0 Å². The Labute approximate surface area is 81.7 Å². The fourth-order valence-corrected chi connectivity index (χ4v) is 1.33. The summed E-state index contributed by atoms with van der Waals surface area (Å²) in [5.41, 5.74) is 0. The van der Waals surface area contributed by atoms with E-state index in [9.17, 15) is 13.2 Å². The third-order valence-corrected chi connectivity index (χ3v) is 2.47. The average molecular weight is 214 g/mol. The highest BCUT2D eigenvalue weighted by Gasteiger charge is 2.53. The predicted molar refractivity (Wildman–Crippen MR) is 46.5 cm³/mol. The second kappa shape index (κ2) is 4.49. The first-order valence-electron chi connectivity index (χ1n) is 4.63. The number of halogens is 3. The lowest BCUT2D eigenvalue weighted by molar-refractivity contribution is -0.355. The van der Waals surface area contributed by atoms with Crippen molar-refractivity contribution in [3.63, 3.8) is 0 Å². The lowest BCUT2D eigenvalue weighted by Crippen LogP contribution is -2.46. The van der Waals surface area contributed by atoms with E-state index in [4.69, 9.17) is 10.2 Å². The molecule has 0 aliphatic heterocycles. The summed E-state index contributed by atoms with van der Waals surface area (Å²) in [5, 5.41) is 17.7. The van der Waals surface area contributed by atoms with E-state index in [2.05, 4.69) is 0 Å². The maximum Gasteiger partial charge on any atom is 0.442 e. The molecule has 14 heavy (non-hydrogen) atoms. The van der Waals surface area contributed by atoms with Crippen LogP contribution in [0.2, 0.25) is 0 Å². The summed E-state index contributed by atoms with van der Waals surface area (Å²) in [7, 11) is 0. The number of aliphatic hydroxyl groups is 2. The Morgan fingerprint density at radius 3 is 1.79 bits per heavy atom. The van der Waals surface area contributed by atoms with E-state index in [1.54, 1.807) is 20.8 Å². The van der Waals surface area contributed by atoms with Gasteiger partial charge in [0.05, 0.1) is 0 Å². The quantitative estimate of drug-likeness (QED) is 0.705. The molecule has 1 atom stereocenters. The summed E-state index contributed by atoms with van der Waals surface area (Å²) in [6.07, 6.45) is -5.14. The van der Waals surface area contributed by atoms with E-state index in [1.165, 1.54) is 0 Å². The summed E-state index contributed by atoms with van der Waals surface area (Å²) in [5.74, 6) is -3.90. The van der Waals surface area contributed by atoms with Crippen LogP contribution in [-0.4, -0.2) is 22.2 Å². The van der Waals surface area contributed by atoms with Gasteiger partial charge in [0.15, 0.2) is 0 Å². The second-order valence-corrected chi connectivity index (χ2v) is 3.93. The molecule has 86 valence electrons. The molecule has 0 heterocycles. The topological polar surface area (TPSA) is 40.5 Å². The lowest BCUT2D eigenvalue weighted by atomic mass is 9.86. The zero-order valence-electron chi connectivity index (χ0n) is 8.60. The Hall–Kier alpha value is -0.290. The van der Waals surface area contributed by atoms with Crippen LogP contribution < -0.4 is 0 Å². The minimum Gasteiger partial charge on any atom is -0.359 e. The highest BCUT2D eigenvalue weighted by atomic mass is 19.4. The van der Waals surface area contributed by atoms with E-state index in [-0.39, 0.29) is 11.8 Å². The molecule has 2 N–H and O–H groups in total. The molecule has 0 rings (SSSR count). The van der Waals surface area contributed by atoms with Gasteiger partial charge in [-0.1, -0.05) is 27.2 Å². The number of alkyl halides is 3. The van der Waals surface area contributed by atoms with E-state index < -0.39 is 18.4 Å². The molecule has 0 aliphatic rings. The second-order valence-electron chi connectivity index (χ2n) is 3.93. The molecular weight excluding hydrogens is 197 g/mol. The van der Waals surface area contributed by atoms with Crippen LogP contribution in [0.1, 0.15) is 33.6 Å². The third-order valence-electron chi connectivity index (χ3n) is 2.47. The van der Waals surface area contributed by atoms with E-state index >= 15 is 0 Å². The van der Waals surface area contributed by atoms with Gasteiger partial charge >= 0.3 is 6.18 Å². The van der Waals surface area contributed by atoms with Crippen molar-refractivity contribution in [1.82, 2.24) is 0 Å². The fraction of sp³-hybridized carbons (Fsp3) is 1.00. The standard InChI is InChI=1S/C9H17F3O2/c1-4-7(6(2)3)5-8(13,14)9(10,11)12/h6-7,13-14H,4-5H2,1-3H3/t7-/m0/s1. The minimum absolute atomic E-state index is 0.000949. The largest absolute Gasteiger partial charge is 0.442 e. The van der Waals surface area contributed by atoms with Gasteiger partial charge in [-0.25, -0.2) is 0 Å². The molecule has 2 nitrogen and oxygen atoms in total. The first kappa shape index (κ1) is 13.7. The highest BCUT2D eigenvalue weighted by molar-refractivity contribution is 4.78. The lowest BCUT2D eigenvalue weighted by Gasteiger charge is -2.30.